The number of azide groups is 1. The molecule has 99 valence electrons. The first-order valence-electron chi connectivity index (χ1n) is 6.93. The summed E-state index contributed by atoms with van der Waals surface area (Å²) < 4.78 is 0. The van der Waals surface area contributed by atoms with Gasteiger partial charge in [-0.25, -0.2) is 0 Å². The van der Waals surface area contributed by atoms with E-state index in [1.165, 1.54) is 51.4 Å². The number of rotatable bonds is 12. The highest BCUT2D eigenvalue weighted by molar-refractivity contribution is 6.24. The van der Waals surface area contributed by atoms with Crippen LogP contribution >= 0.6 is 0 Å². The van der Waals surface area contributed by atoms with Gasteiger partial charge < -0.3 is 4.80 Å². The highest BCUT2D eigenvalue weighted by Crippen LogP contribution is 2.12. The molecule has 0 bridgehead atoms. The second-order valence-electron chi connectivity index (χ2n) is 4.73. The van der Waals surface area contributed by atoms with Crippen molar-refractivity contribution in [3.63, 3.8) is 0 Å². The molecule has 5 heteroatoms. The summed E-state index contributed by atoms with van der Waals surface area (Å²) in [6, 6.07) is 1.13. The van der Waals surface area contributed by atoms with Crippen LogP contribution in [0.1, 0.15) is 64.7 Å². The van der Waals surface area contributed by atoms with Crippen molar-refractivity contribution >= 4 is 9.76 Å². The minimum Gasteiger partial charge on any atom is -0.306 e. The summed E-state index contributed by atoms with van der Waals surface area (Å²) in [5.41, 5.74) is 8.24. The molecule has 0 aromatic heterocycles. The van der Waals surface area contributed by atoms with E-state index in [9.17, 15) is 4.80 Å². The van der Waals surface area contributed by atoms with Crippen LogP contribution in [0.5, 0.6) is 0 Å². The van der Waals surface area contributed by atoms with Gasteiger partial charge in [-0.3, -0.25) is 0 Å². The molecule has 1 atom stereocenters. The molecule has 0 amide bonds. The molecule has 0 aromatic carbocycles. The van der Waals surface area contributed by atoms with E-state index in [4.69, 9.17) is 5.53 Å². The molecule has 1 unspecified atom stereocenters. The summed E-state index contributed by atoms with van der Waals surface area (Å²) in [5, 5.41) is 3.66. The van der Waals surface area contributed by atoms with Gasteiger partial charge in [-0.1, -0.05) is 63.4 Å². The van der Waals surface area contributed by atoms with Gasteiger partial charge in [0.1, 0.15) is 0 Å². The lowest BCUT2D eigenvalue weighted by molar-refractivity contribution is 0.468. The van der Waals surface area contributed by atoms with Crippen molar-refractivity contribution in [1.29, 1.82) is 0 Å². The lowest BCUT2D eigenvalue weighted by Gasteiger charge is -2.04. The molecule has 0 aliphatic carbocycles. The standard InChI is InChI=1S/C12H26N3OSi/c1-12(14-15-13)10-8-6-4-2-3-5-7-9-11-17-16/h12H,2-11,17H2,1H3. The summed E-state index contributed by atoms with van der Waals surface area (Å²) in [4.78, 5) is 13.2. The zero-order valence-electron chi connectivity index (χ0n) is 11.1. The fourth-order valence-electron chi connectivity index (χ4n) is 1.93. The molecule has 0 aliphatic rings. The first-order chi connectivity index (χ1) is 8.31. The topological polar surface area (TPSA) is 68.7 Å². The third-order valence-electron chi connectivity index (χ3n) is 3.01. The molecule has 0 aliphatic heterocycles. The highest BCUT2D eigenvalue weighted by Gasteiger charge is 1.98. The van der Waals surface area contributed by atoms with E-state index in [0.717, 1.165) is 12.5 Å². The SMILES string of the molecule is CC(CCCCCCCCCC[SiH2][O])N=[N+]=[N-]. The van der Waals surface area contributed by atoms with Crippen LogP contribution < -0.4 is 0 Å². The van der Waals surface area contributed by atoms with E-state index in [-0.39, 0.29) is 6.04 Å². The van der Waals surface area contributed by atoms with Crippen LogP contribution in [0.15, 0.2) is 5.11 Å². The Morgan fingerprint density at radius 3 is 2.12 bits per heavy atom. The number of hydrogen-bond donors (Lipinski definition) is 0. The molecular formula is C12H26N3OSi. The Morgan fingerprint density at radius 2 is 1.59 bits per heavy atom. The van der Waals surface area contributed by atoms with Gasteiger partial charge in [0, 0.05) is 11.0 Å². The van der Waals surface area contributed by atoms with Gasteiger partial charge in [-0.05, 0) is 18.0 Å². The number of nitrogens with zero attached hydrogens (tertiary/aromatic N) is 3. The van der Waals surface area contributed by atoms with Gasteiger partial charge in [0.25, 0.3) is 0 Å². The fourth-order valence-corrected chi connectivity index (χ4v) is 2.48. The molecule has 0 saturated carbocycles. The summed E-state index contributed by atoms with van der Waals surface area (Å²) in [7, 11) is -0.934. The molecule has 0 rings (SSSR count). The van der Waals surface area contributed by atoms with Gasteiger partial charge in [0.2, 0.25) is 9.76 Å². The smallest absolute Gasteiger partial charge is 0.207 e. The maximum Gasteiger partial charge on any atom is 0.207 e. The third kappa shape index (κ3) is 13.4. The molecule has 0 aromatic rings. The molecule has 0 N–H and O–H groups in total. The van der Waals surface area contributed by atoms with E-state index < -0.39 is 9.76 Å². The number of hydrogen-bond acceptors (Lipinski definition) is 1. The Kier molecular flexibility index (Phi) is 13.1. The summed E-state index contributed by atoms with van der Waals surface area (Å²) >= 11 is 0. The quantitative estimate of drug-likeness (QED) is 0.166. The Hall–Kier alpha value is -0.513. The number of unbranched alkanes of at least 4 members (excludes halogenated alkanes) is 7. The Labute approximate surface area is 107 Å². The zero-order valence-corrected chi connectivity index (χ0v) is 12.5. The van der Waals surface area contributed by atoms with Crippen LogP contribution in [0.3, 0.4) is 0 Å². The van der Waals surface area contributed by atoms with Crippen molar-refractivity contribution < 1.29 is 4.80 Å². The monoisotopic (exact) mass is 256 g/mol. The fraction of sp³-hybridized carbons (Fsp3) is 1.00. The van der Waals surface area contributed by atoms with Crippen molar-refractivity contribution in [3.05, 3.63) is 10.4 Å². The van der Waals surface area contributed by atoms with Crippen molar-refractivity contribution in [2.45, 2.75) is 76.8 Å². The van der Waals surface area contributed by atoms with Gasteiger partial charge in [0.15, 0.2) is 0 Å². The lowest BCUT2D eigenvalue weighted by atomic mass is 10.1. The summed E-state index contributed by atoms with van der Waals surface area (Å²) in [5.74, 6) is 0. The second kappa shape index (κ2) is 13.6. The van der Waals surface area contributed by atoms with Crippen molar-refractivity contribution in [2.75, 3.05) is 0 Å². The minimum absolute atomic E-state index is 0.149. The van der Waals surface area contributed by atoms with E-state index >= 15 is 0 Å². The molecule has 0 spiro atoms. The van der Waals surface area contributed by atoms with Crippen LogP contribution in [0, 0.1) is 0 Å². The van der Waals surface area contributed by atoms with Gasteiger partial charge in [0.05, 0.1) is 0 Å². The average molecular weight is 256 g/mol. The largest absolute Gasteiger partial charge is 0.306 e. The van der Waals surface area contributed by atoms with Gasteiger partial charge in [-0.2, -0.15) is 0 Å². The Morgan fingerprint density at radius 1 is 1.06 bits per heavy atom. The van der Waals surface area contributed by atoms with E-state index in [1.807, 2.05) is 6.92 Å². The van der Waals surface area contributed by atoms with Crippen LogP contribution in [0.2, 0.25) is 6.04 Å². The van der Waals surface area contributed by atoms with Crippen LogP contribution in [-0.2, 0) is 4.80 Å². The average Bonchev–Trinajstić information content (AvgIpc) is 2.32. The third-order valence-corrected chi connectivity index (χ3v) is 3.80. The van der Waals surface area contributed by atoms with E-state index in [2.05, 4.69) is 10.0 Å². The maximum atomic E-state index is 10.3. The zero-order chi connectivity index (χ0) is 12.8. The molecule has 0 heterocycles. The van der Waals surface area contributed by atoms with Crippen molar-refractivity contribution in [3.8, 4) is 0 Å². The van der Waals surface area contributed by atoms with E-state index in [0.29, 0.717) is 0 Å². The van der Waals surface area contributed by atoms with Crippen molar-refractivity contribution in [2.24, 2.45) is 5.11 Å². The van der Waals surface area contributed by atoms with Crippen molar-refractivity contribution in [1.82, 2.24) is 0 Å². The first-order valence-corrected chi connectivity index (χ1v) is 8.51. The summed E-state index contributed by atoms with van der Waals surface area (Å²) in [6.07, 6.45) is 11.1. The minimum atomic E-state index is -0.934. The Balaban J connectivity index is 3.05. The van der Waals surface area contributed by atoms with Crippen LogP contribution in [-0.4, -0.2) is 15.8 Å². The predicted octanol–water partition coefficient (Wildman–Crippen LogP) is 4.13. The molecule has 17 heavy (non-hydrogen) atoms. The van der Waals surface area contributed by atoms with Gasteiger partial charge >= 0.3 is 0 Å². The lowest BCUT2D eigenvalue weighted by Crippen LogP contribution is -1.95. The van der Waals surface area contributed by atoms with Gasteiger partial charge in [-0.15, -0.1) is 0 Å². The maximum absolute atomic E-state index is 10.3. The molecule has 0 fully saturated rings. The normalized spacial score (nSPS) is 12.8. The second-order valence-corrected chi connectivity index (χ2v) is 5.84. The summed E-state index contributed by atoms with van der Waals surface area (Å²) in [6.45, 7) is 1.97. The van der Waals surface area contributed by atoms with Crippen LogP contribution in [0.25, 0.3) is 10.4 Å². The predicted molar refractivity (Wildman–Crippen MR) is 74.2 cm³/mol. The molecule has 1 radical (unpaired) electrons. The molecule has 4 nitrogen and oxygen atoms in total. The molecule has 0 saturated heterocycles. The first kappa shape index (κ1) is 16.5. The molecular weight excluding hydrogens is 230 g/mol. The Bertz CT molecular complexity index is 208. The highest BCUT2D eigenvalue weighted by atomic mass is 28.2. The van der Waals surface area contributed by atoms with E-state index in [1.54, 1.807) is 0 Å². The van der Waals surface area contributed by atoms with Crippen LogP contribution in [0.4, 0.5) is 0 Å².